The zero-order chi connectivity index (χ0) is 11.8. The van der Waals surface area contributed by atoms with Gasteiger partial charge in [-0.2, -0.15) is 0 Å². The summed E-state index contributed by atoms with van der Waals surface area (Å²) < 4.78 is 13.4. The minimum Gasteiger partial charge on any atom is -0.390 e. The van der Waals surface area contributed by atoms with Gasteiger partial charge in [0.25, 0.3) is 0 Å². The fourth-order valence-electron chi connectivity index (χ4n) is 2.01. The van der Waals surface area contributed by atoms with Crippen molar-refractivity contribution in [2.45, 2.75) is 26.0 Å². The molecule has 3 heteroatoms. The van der Waals surface area contributed by atoms with E-state index in [1.54, 1.807) is 6.07 Å². The first-order valence-electron chi connectivity index (χ1n) is 5.65. The third kappa shape index (κ3) is 2.42. The fourth-order valence-corrected chi connectivity index (χ4v) is 2.01. The van der Waals surface area contributed by atoms with Crippen molar-refractivity contribution in [3.63, 3.8) is 0 Å². The molecule has 0 radical (unpaired) electrons. The highest BCUT2D eigenvalue weighted by molar-refractivity contribution is 5.17. The maximum absolute atomic E-state index is 13.4. The smallest absolute Gasteiger partial charge is 0.127 e. The standard InChI is InChI=1S/C13H18FNO/c1-13(2,16)11-8-15(9-11)7-10-5-3-4-6-12(10)14/h3-6,11,16H,7-9H2,1-2H3. The summed E-state index contributed by atoms with van der Waals surface area (Å²) in [5.74, 6) is 0.161. The van der Waals surface area contributed by atoms with Crippen LogP contribution in [0.4, 0.5) is 4.39 Å². The topological polar surface area (TPSA) is 23.5 Å². The van der Waals surface area contributed by atoms with Gasteiger partial charge in [0.1, 0.15) is 5.82 Å². The molecule has 1 aliphatic rings. The lowest BCUT2D eigenvalue weighted by molar-refractivity contribution is -0.0650. The second-order valence-corrected chi connectivity index (χ2v) is 5.14. The Morgan fingerprint density at radius 2 is 2.00 bits per heavy atom. The van der Waals surface area contributed by atoms with Crippen LogP contribution in [-0.4, -0.2) is 28.7 Å². The SMILES string of the molecule is CC(C)(O)C1CN(Cc2ccccc2F)C1. The zero-order valence-electron chi connectivity index (χ0n) is 9.78. The van der Waals surface area contributed by atoms with Crippen molar-refractivity contribution in [3.8, 4) is 0 Å². The van der Waals surface area contributed by atoms with Gasteiger partial charge in [0.05, 0.1) is 5.60 Å². The minimum absolute atomic E-state index is 0.144. The Morgan fingerprint density at radius 1 is 1.38 bits per heavy atom. The number of hydrogen-bond donors (Lipinski definition) is 1. The minimum atomic E-state index is -0.619. The van der Waals surface area contributed by atoms with Crippen LogP contribution in [0.25, 0.3) is 0 Å². The molecule has 0 saturated carbocycles. The van der Waals surface area contributed by atoms with Crippen LogP contribution < -0.4 is 0 Å². The van der Waals surface area contributed by atoms with Gasteiger partial charge in [0.15, 0.2) is 0 Å². The highest BCUT2D eigenvalue weighted by Crippen LogP contribution is 2.28. The van der Waals surface area contributed by atoms with E-state index in [-0.39, 0.29) is 5.82 Å². The van der Waals surface area contributed by atoms with Crippen molar-refractivity contribution in [3.05, 3.63) is 35.6 Å². The molecule has 1 aromatic rings. The molecule has 0 atom stereocenters. The van der Waals surface area contributed by atoms with Crippen LogP contribution in [0.15, 0.2) is 24.3 Å². The first-order valence-corrected chi connectivity index (χ1v) is 5.65. The van der Waals surface area contributed by atoms with E-state index in [4.69, 9.17) is 0 Å². The van der Waals surface area contributed by atoms with Crippen molar-refractivity contribution in [1.29, 1.82) is 0 Å². The fraction of sp³-hybridized carbons (Fsp3) is 0.538. The molecule has 1 aromatic carbocycles. The largest absolute Gasteiger partial charge is 0.390 e. The summed E-state index contributed by atoms with van der Waals surface area (Å²) in [4.78, 5) is 2.15. The zero-order valence-corrected chi connectivity index (χ0v) is 9.78. The summed E-state index contributed by atoms with van der Waals surface area (Å²) in [6.45, 7) is 5.99. The Hall–Kier alpha value is -0.930. The third-order valence-corrected chi connectivity index (χ3v) is 3.31. The molecule has 0 amide bonds. The summed E-state index contributed by atoms with van der Waals surface area (Å²) in [6, 6.07) is 6.86. The van der Waals surface area contributed by atoms with Crippen molar-refractivity contribution < 1.29 is 9.50 Å². The maximum atomic E-state index is 13.4. The van der Waals surface area contributed by atoms with Gasteiger partial charge in [-0.1, -0.05) is 18.2 Å². The lowest BCUT2D eigenvalue weighted by atomic mass is 9.84. The van der Waals surface area contributed by atoms with Crippen molar-refractivity contribution in [1.82, 2.24) is 4.90 Å². The van der Waals surface area contributed by atoms with Crippen LogP contribution in [-0.2, 0) is 6.54 Å². The lowest BCUT2D eigenvalue weighted by Gasteiger charge is -2.45. The van der Waals surface area contributed by atoms with Gasteiger partial charge in [-0.3, -0.25) is 4.90 Å². The average Bonchev–Trinajstić information content (AvgIpc) is 2.11. The molecule has 0 aliphatic carbocycles. The molecule has 2 nitrogen and oxygen atoms in total. The Balaban J connectivity index is 1.89. The summed E-state index contributed by atoms with van der Waals surface area (Å²) in [5.41, 5.74) is 0.114. The lowest BCUT2D eigenvalue weighted by Crippen LogP contribution is -2.55. The van der Waals surface area contributed by atoms with Crippen molar-refractivity contribution in [2.75, 3.05) is 13.1 Å². The Bertz CT molecular complexity index is 366. The molecule has 88 valence electrons. The summed E-state index contributed by atoms with van der Waals surface area (Å²) in [7, 11) is 0. The number of nitrogens with zero attached hydrogens (tertiary/aromatic N) is 1. The molecule has 0 spiro atoms. The molecular formula is C13H18FNO. The highest BCUT2D eigenvalue weighted by Gasteiger charge is 2.37. The molecule has 1 saturated heterocycles. The first kappa shape index (κ1) is 11.6. The van der Waals surface area contributed by atoms with E-state index in [2.05, 4.69) is 4.90 Å². The second kappa shape index (κ2) is 4.15. The molecule has 0 bridgehead atoms. The summed E-state index contributed by atoms with van der Waals surface area (Å²) >= 11 is 0. The van der Waals surface area contributed by atoms with Crippen molar-refractivity contribution >= 4 is 0 Å². The van der Waals surface area contributed by atoms with Crippen LogP contribution in [0, 0.1) is 11.7 Å². The molecule has 1 aliphatic heterocycles. The monoisotopic (exact) mass is 223 g/mol. The predicted octanol–water partition coefficient (Wildman–Crippen LogP) is 2.03. The van der Waals surface area contributed by atoms with Crippen LogP contribution >= 0.6 is 0 Å². The third-order valence-electron chi connectivity index (χ3n) is 3.31. The van der Waals surface area contributed by atoms with Gasteiger partial charge in [-0.25, -0.2) is 4.39 Å². The van der Waals surface area contributed by atoms with E-state index in [9.17, 15) is 9.50 Å². The van der Waals surface area contributed by atoms with E-state index in [0.29, 0.717) is 12.5 Å². The van der Waals surface area contributed by atoms with E-state index in [1.807, 2.05) is 26.0 Å². The number of halogens is 1. The number of rotatable bonds is 3. The number of aliphatic hydroxyl groups is 1. The van der Waals surface area contributed by atoms with Gasteiger partial charge in [-0.15, -0.1) is 0 Å². The van der Waals surface area contributed by atoms with Gasteiger partial charge in [0, 0.05) is 31.1 Å². The van der Waals surface area contributed by atoms with E-state index < -0.39 is 5.60 Å². The van der Waals surface area contributed by atoms with Gasteiger partial charge >= 0.3 is 0 Å². The second-order valence-electron chi connectivity index (χ2n) is 5.14. The number of hydrogen-bond acceptors (Lipinski definition) is 2. The van der Waals surface area contributed by atoms with E-state index in [1.165, 1.54) is 6.07 Å². The van der Waals surface area contributed by atoms with Gasteiger partial charge in [-0.05, 0) is 19.9 Å². The first-order chi connectivity index (χ1) is 7.47. The Morgan fingerprint density at radius 3 is 2.56 bits per heavy atom. The molecule has 1 fully saturated rings. The van der Waals surface area contributed by atoms with Crippen molar-refractivity contribution in [2.24, 2.45) is 5.92 Å². The normalized spacial score (nSPS) is 18.5. The molecular weight excluding hydrogens is 205 g/mol. The van der Waals surface area contributed by atoms with Gasteiger partial charge < -0.3 is 5.11 Å². The molecule has 2 rings (SSSR count). The van der Waals surface area contributed by atoms with Crippen LogP contribution in [0.1, 0.15) is 19.4 Å². The molecule has 16 heavy (non-hydrogen) atoms. The molecule has 1 heterocycles. The highest BCUT2D eigenvalue weighted by atomic mass is 19.1. The molecule has 1 N–H and O–H groups in total. The Labute approximate surface area is 95.7 Å². The molecule has 0 unspecified atom stereocenters. The Kier molecular flexibility index (Phi) is 3.00. The molecule has 0 aromatic heterocycles. The maximum Gasteiger partial charge on any atom is 0.127 e. The predicted molar refractivity (Wildman–Crippen MR) is 61.5 cm³/mol. The van der Waals surface area contributed by atoms with Crippen LogP contribution in [0.5, 0.6) is 0 Å². The van der Waals surface area contributed by atoms with E-state index in [0.717, 1.165) is 18.7 Å². The average molecular weight is 223 g/mol. The van der Waals surface area contributed by atoms with Gasteiger partial charge in [0.2, 0.25) is 0 Å². The number of benzene rings is 1. The van der Waals surface area contributed by atoms with E-state index >= 15 is 0 Å². The summed E-state index contributed by atoms with van der Waals surface area (Å²) in [6.07, 6.45) is 0. The quantitative estimate of drug-likeness (QED) is 0.847. The number of likely N-dealkylation sites (tertiary alicyclic amines) is 1. The van der Waals surface area contributed by atoms with Crippen LogP contribution in [0.2, 0.25) is 0 Å². The summed E-state index contributed by atoms with van der Waals surface area (Å²) in [5, 5.41) is 9.78. The van der Waals surface area contributed by atoms with Crippen LogP contribution in [0.3, 0.4) is 0 Å².